The van der Waals surface area contributed by atoms with Gasteiger partial charge < -0.3 is 5.32 Å². The third-order valence-electron chi connectivity index (χ3n) is 3.85. The lowest BCUT2D eigenvalue weighted by Crippen LogP contribution is -2.37. The van der Waals surface area contributed by atoms with Crippen LogP contribution in [0.4, 0.5) is 10.5 Å². The normalized spacial score (nSPS) is 10.7. The summed E-state index contributed by atoms with van der Waals surface area (Å²) in [6.45, 7) is 0.503. The van der Waals surface area contributed by atoms with Crippen molar-refractivity contribution in [2.45, 2.75) is 6.54 Å². The van der Waals surface area contributed by atoms with E-state index in [1.807, 2.05) is 91.0 Å². The van der Waals surface area contributed by atoms with Gasteiger partial charge in [0.1, 0.15) is 0 Å². The Morgan fingerprint density at radius 1 is 0.885 bits per heavy atom. The van der Waals surface area contributed by atoms with Gasteiger partial charge in [-0.25, -0.2) is 4.79 Å². The highest BCUT2D eigenvalue weighted by Crippen LogP contribution is 2.17. The van der Waals surface area contributed by atoms with Gasteiger partial charge in [0.05, 0.1) is 6.54 Å². The Hall–Kier alpha value is -2.85. The number of benzene rings is 3. The summed E-state index contributed by atoms with van der Waals surface area (Å²) < 4.78 is 1.02. The molecule has 3 nitrogen and oxygen atoms in total. The molecule has 4 heteroatoms. The van der Waals surface area contributed by atoms with Crippen LogP contribution in [0.15, 0.2) is 95.6 Å². The second kappa shape index (κ2) is 9.02. The molecule has 0 radical (unpaired) electrons. The number of rotatable bonds is 5. The van der Waals surface area contributed by atoms with E-state index >= 15 is 0 Å². The first-order valence-corrected chi connectivity index (χ1v) is 9.11. The van der Waals surface area contributed by atoms with Gasteiger partial charge in [0.25, 0.3) is 0 Å². The van der Waals surface area contributed by atoms with Crippen molar-refractivity contribution in [2.24, 2.45) is 0 Å². The van der Waals surface area contributed by atoms with E-state index in [-0.39, 0.29) is 6.03 Å². The van der Waals surface area contributed by atoms with Crippen LogP contribution in [0.25, 0.3) is 6.08 Å². The summed E-state index contributed by atoms with van der Waals surface area (Å²) in [6, 6.07) is 27.3. The average Bonchev–Trinajstić information content (AvgIpc) is 2.69. The highest BCUT2D eigenvalue weighted by atomic mass is 79.9. The molecule has 0 fully saturated rings. The molecule has 1 N–H and O–H groups in total. The first-order valence-electron chi connectivity index (χ1n) is 8.31. The number of carbonyl (C=O) groups is 1. The molecule has 0 heterocycles. The van der Waals surface area contributed by atoms with Crippen LogP contribution < -0.4 is 10.2 Å². The molecule has 3 aromatic carbocycles. The Labute approximate surface area is 162 Å². The summed E-state index contributed by atoms with van der Waals surface area (Å²) >= 11 is 3.41. The number of hydrogen-bond acceptors (Lipinski definition) is 1. The van der Waals surface area contributed by atoms with E-state index in [1.165, 1.54) is 0 Å². The summed E-state index contributed by atoms with van der Waals surface area (Å²) in [4.78, 5) is 14.5. The number of urea groups is 1. The highest BCUT2D eigenvalue weighted by molar-refractivity contribution is 9.10. The van der Waals surface area contributed by atoms with E-state index in [9.17, 15) is 4.79 Å². The molecule has 3 aromatic rings. The number of anilines is 1. The van der Waals surface area contributed by atoms with Crippen LogP contribution in [0, 0.1) is 0 Å². The number of halogens is 1. The number of nitrogens with one attached hydrogen (secondary N) is 1. The van der Waals surface area contributed by atoms with Crippen molar-refractivity contribution in [1.29, 1.82) is 0 Å². The average molecular weight is 407 g/mol. The molecule has 0 aliphatic carbocycles. The fraction of sp³-hybridized carbons (Fsp3) is 0.0455. The molecule has 2 amide bonds. The lowest BCUT2D eigenvalue weighted by atomic mass is 10.2. The van der Waals surface area contributed by atoms with Crippen LogP contribution in [0.1, 0.15) is 11.1 Å². The smallest absolute Gasteiger partial charge is 0.314 e. The minimum absolute atomic E-state index is 0.173. The van der Waals surface area contributed by atoms with E-state index in [0.29, 0.717) is 6.54 Å². The second-order valence-corrected chi connectivity index (χ2v) is 6.66. The monoisotopic (exact) mass is 406 g/mol. The van der Waals surface area contributed by atoms with Crippen LogP contribution in [0.5, 0.6) is 0 Å². The zero-order chi connectivity index (χ0) is 18.2. The van der Waals surface area contributed by atoms with E-state index in [4.69, 9.17) is 0 Å². The van der Waals surface area contributed by atoms with E-state index in [2.05, 4.69) is 21.2 Å². The van der Waals surface area contributed by atoms with Gasteiger partial charge in [-0.1, -0.05) is 76.6 Å². The SMILES string of the molecule is O=C(N/C=C/c1ccc(Br)cc1)N(Cc1ccccc1)c1ccccc1. The topological polar surface area (TPSA) is 32.3 Å². The molecular weight excluding hydrogens is 388 g/mol. The molecule has 130 valence electrons. The Balaban J connectivity index is 1.73. The number of carbonyl (C=O) groups excluding carboxylic acids is 1. The first-order chi connectivity index (χ1) is 12.7. The van der Waals surface area contributed by atoms with Crippen molar-refractivity contribution >= 4 is 33.7 Å². The zero-order valence-corrected chi connectivity index (χ0v) is 15.8. The van der Waals surface area contributed by atoms with Crippen molar-refractivity contribution in [2.75, 3.05) is 4.90 Å². The molecule has 0 spiro atoms. The van der Waals surface area contributed by atoms with Gasteiger partial charge in [-0.15, -0.1) is 0 Å². The van der Waals surface area contributed by atoms with Crippen molar-refractivity contribution in [3.8, 4) is 0 Å². The maximum absolute atomic E-state index is 12.7. The Morgan fingerprint density at radius 3 is 2.15 bits per heavy atom. The minimum atomic E-state index is -0.173. The largest absolute Gasteiger partial charge is 0.326 e. The van der Waals surface area contributed by atoms with Gasteiger partial charge in [-0.2, -0.15) is 0 Å². The molecule has 0 aromatic heterocycles. The van der Waals surface area contributed by atoms with E-state index < -0.39 is 0 Å². The fourth-order valence-corrected chi connectivity index (χ4v) is 2.78. The van der Waals surface area contributed by atoms with Crippen LogP contribution in [0.3, 0.4) is 0 Å². The molecule has 26 heavy (non-hydrogen) atoms. The quantitative estimate of drug-likeness (QED) is 0.567. The van der Waals surface area contributed by atoms with Crippen LogP contribution >= 0.6 is 15.9 Å². The van der Waals surface area contributed by atoms with Crippen LogP contribution in [0.2, 0.25) is 0 Å². The third-order valence-corrected chi connectivity index (χ3v) is 4.38. The molecule has 0 atom stereocenters. The molecule has 0 aliphatic rings. The molecule has 0 saturated carbocycles. The molecule has 0 saturated heterocycles. The third kappa shape index (κ3) is 5.07. The van der Waals surface area contributed by atoms with Crippen LogP contribution in [-0.2, 0) is 6.54 Å². The van der Waals surface area contributed by atoms with Gasteiger partial charge in [-0.3, -0.25) is 4.90 Å². The number of nitrogens with zero attached hydrogens (tertiary/aromatic N) is 1. The Bertz CT molecular complexity index is 862. The summed E-state index contributed by atoms with van der Waals surface area (Å²) in [5.41, 5.74) is 2.94. The van der Waals surface area contributed by atoms with Crippen molar-refractivity contribution in [1.82, 2.24) is 5.32 Å². The maximum Gasteiger partial charge on any atom is 0.326 e. The van der Waals surface area contributed by atoms with Gasteiger partial charge >= 0.3 is 6.03 Å². The predicted molar refractivity (Wildman–Crippen MR) is 111 cm³/mol. The summed E-state index contributed by atoms with van der Waals surface area (Å²) in [6.07, 6.45) is 3.54. The zero-order valence-electron chi connectivity index (χ0n) is 14.2. The van der Waals surface area contributed by atoms with Gasteiger partial charge in [0.15, 0.2) is 0 Å². The van der Waals surface area contributed by atoms with Crippen molar-refractivity contribution in [3.05, 3.63) is 107 Å². The molecule has 0 aliphatic heterocycles. The first kappa shape index (κ1) is 18.0. The maximum atomic E-state index is 12.7. The molecule has 0 unspecified atom stereocenters. The van der Waals surface area contributed by atoms with Crippen LogP contribution in [-0.4, -0.2) is 6.03 Å². The van der Waals surface area contributed by atoms with Gasteiger partial charge in [0.2, 0.25) is 0 Å². The summed E-state index contributed by atoms with van der Waals surface area (Å²) in [7, 11) is 0. The van der Waals surface area contributed by atoms with Gasteiger partial charge in [0, 0.05) is 16.4 Å². The predicted octanol–water partition coefficient (Wildman–Crippen LogP) is 5.84. The second-order valence-electron chi connectivity index (χ2n) is 5.74. The molecule has 3 rings (SSSR count). The van der Waals surface area contributed by atoms with Crippen molar-refractivity contribution < 1.29 is 4.79 Å². The Kier molecular flexibility index (Phi) is 6.23. The minimum Gasteiger partial charge on any atom is -0.314 e. The lowest BCUT2D eigenvalue weighted by molar-refractivity contribution is 0.249. The van der Waals surface area contributed by atoms with Gasteiger partial charge in [-0.05, 0) is 41.5 Å². The Morgan fingerprint density at radius 2 is 1.50 bits per heavy atom. The lowest BCUT2D eigenvalue weighted by Gasteiger charge is -2.22. The van der Waals surface area contributed by atoms with E-state index in [1.54, 1.807) is 11.1 Å². The molecule has 0 bridgehead atoms. The molecular formula is C22H19BrN2O. The van der Waals surface area contributed by atoms with E-state index in [0.717, 1.165) is 21.3 Å². The highest BCUT2D eigenvalue weighted by Gasteiger charge is 2.14. The standard InChI is InChI=1S/C22H19BrN2O/c23-20-13-11-18(12-14-20)15-16-24-22(26)25(21-9-5-2-6-10-21)17-19-7-3-1-4-8-19/h1-16H,17H2,(H,24,26)/b16-15+. The number of amides is 2. The summed E-state index contributed by atoms with van der Waals surface area (Å²) in [5, 5.41) is 2.86. The van der Waals surface area contributed by atoms with Crippen molar-refractivity contribution in [3.63, 3.8) is 0 Å². The fourth-order valence-electron chi connectivity index (χ4n) is 2.52. The number of para-hydroxylation sites is 1. The summed E-state index contributed by atoms with van der Waals surface area (Å²) in [5.74, 6) is 0. The number of hydrogen-bond donors (Lipinski definition) is 1.